The van der Waals surface area contributed by atoms with Gasteiger partial charge in [-0.05, 0) is 29.3 Å². The normalized spacial score (nSPS) is 15.3. The first-order valence-corrected chi connectivity index (χ1v) is 9.82. The predicted molar refractivity (Wildman–Crippen MR) is 130 cm³/mol. The van der Waals surface area contributed by atoms with Gasteiger partial charge in [-0.25, -0.2) is 4.99 Å². The number of nitrogens with zero attached hydrogens (tertiary/aromatic N) is 1. The van der Waals surface area contributed by atoms with Crippen LogP contribution in [0.2, 0.25) is 0 Å². The lowest BCUT2D eigenvalue weighted by atomic mass is 10.0. The second-order valence-electron chi connectivity index (χ2n) is 7.00. The monoisotopic (exact) mass is 515 g/mol. The maximum Gasteiger partial charge on any atom is 0.189 e. The molecule has 30 heavy (non-hydrogen) atoms. The lowest BCUT2D eigenvalue weighted by Crippen LogP contribution is -2.37. The molecule has 0 bridgehead atoms. The van der Waals surface area contributed by atoms with Gasteiger partial charge in [-0.3, -0.25) is 0 Å². The van der Waals surface area contributed by atoms with Gasteiger partial charge >= 0.3 is 0 Å². The summed E-state index contributed by atoms with van der Waals surface area (Å²) in [5, 5.41) is 3.32. The molecule has 1 atom stereocenters. The highest BCUT2D eigenvalue weighted by Gasteiger charge is 2.21. The van der Waals surface area contributed by atoms with Crippen molar-refractivity contribution in [2.75, 3.05) is 6.61 Å². The van der Waals surface area contributed by atoms with Gasteiger partial charge in [-0.2, -0.15) is 0 Å². The van der Waals surface area contributed by atoms with Crippen LogP contribution in [0.4, 0.5) is 0 Å². The summed E-state index contributed by atoms with van der Waals surface area (Å²) in [6.07, 6.45) is 0.857. The second-order valence-corrected chi connectivity index (χ2v) is 7.00. The number of aliphatic imine (C=N–C) groups is 1. The van der Waals surface area contributed by atoms with Crippen LogP contribution < -0.4 is 20.5 Å². The molecule has 0 aromatic heterocycles. The van der Waals surface area contributed by atoms with Gasteiger partial charge in [0, 0.05) is 12.0 Å². The number of ether oxygens (including phenoxy) is 2. The predicted octanol–water partition coefficient (Wildman–Crippen LogP) is 4.81. The molecule has 0 fully saturated rings. The number of fused-ring (bicyclic) bond motifs is 1. The lowest BCUT2D eigenvalue weighted by Gasteiger charge is -2.26. The average Bonchev–Trinajstić information content (AvgIpc) is 2.78. The van der Waals surface area contributed by atoms with Crippen molar-refractivity contribution < 1.29 is 9.47 Å². The molecule has 4 rings (SSSR count). The van der Waals surface area contributed by atoms with Gasteiger partial charge in [0.2, 0.25) is 0 Å². The van der Waals surface area contributed by atoms with Crippen LogP contribution in [0.3, 0.4) is 0 Å². The van der Waals surface area contributed by atoms with Crippen LogP contribution in [0.15, 0.2) is 83.9 Å². The minimum absolute atomic E-state index is 0. The lowest BCUT2D eigenvalue weighted by molar-refractivity contribution is 0.262. The molecule has 1 aliphatic heterocycles. The number of halogens is 1. The van der Waals surface area contributed by atoms with Crippen molar-refractivity contribution in [2.24, 2.45) is 10.7 Å². The Bertz CT molecular complexity index is 979. The van der Waals surface area contributed by atoms with Crippen LogP contribution in [0.1, 0.15) is 29.2 Å². The Morgan fingerprint density at radius 1 is 1.00 bits per heavy atom. The number of guanidine groups is 1. The third-order valence-corrected chi connectivity index (χ3v) is 4.86. The minimum atomic E-state index is 0. The van der Waals surface area contributed by atoms with Crippen molar-refractivity contribution in [3.8, 4) is 11.5 Å². The number of para-hydroxylation sites is 1. The van der Waals surface area contributed by atoms with Gasteiger partial charge < -0.3 is 20.5 Å². The summed E-state index contributed by atoms with van der Waals surface area (Å²) in [4.78, 5) is 4.51. The minimum Gasteiger partial charge on any atom is -0.493 e. The van der Waals surface area contributed by atoms with Gasteiger partial charge in [0.25, 0.3) is 0 Å². The zero-order chi connectivity index (χ0) is 19.9. The number of hydrogen-bond acceptors (Lipinski definition) is 3. The average molecular weight is 515 g/mol. The quantitative estimate of drug-likeness (QED) is 0.281. The smallest absolute Gasteiger partial charge is 0.189 e. The largest absolute Gasteiger partial charge is 0.493 e. The summed E-state index contributed by atoms with van der Waals surface area (Å²) in [6, 6.07) is 26.2. The van der Waals surface area contributed by atoms with E-state index in [0.29, 0.717) is 25.7 Å². The van der Waals surface area contributed by atoms with E-state index in [9.17, 15) is 0 Å². The summed E-state index contributed by atoms with van der Waals surface area (Å²) >= 11 is 0. The third kappa shape index (κ3) is 5.89. The number of rotatable bonds is 6. The van der Waals surface area contributed by atoms with E-state index in [0.717, 1.165) is 34.6 Å². The third-order valence-electron chi connectivity index (χ3n) is 4.86. The van der Waals surface area contributed by atoms with E-state index in [1.807, 2.05) is 60.7 Å². The van der Waals surface area contributed by atoms with Crippen LogP contribution >= 0.6 is 24.0 Å². The molecule has 3 N–H and O–H groups in total. The zero-order valence-electron chi connectivity index (χ0n) is 16.7. The maximum absolute atomic E-state index is 6.15. The maximum atomic E-state index is 6.15. The molecule has 0 saturated heterocycles. The zero-order valence-corrected chi connectivity index (χ0v) is 19.0. The fraction of sp³-hybridized carbons (Fsp3) is 0.208. The SMILES string of the molecule is I.NC(=NCc1cccc(OCc2ccccc2)c1)NC1CCOc2ccccc21. The molecule has 6 heteroatoms. The molecule has 1 aliphatic rings. The van der Waals surface area contributed by atoms with E-state index in [1.165, 1.54) is 0 Å². The van der Waals surface area contributed by atoms with Gasteiger partial charge in [0.05, 0.1) is 19.2 Å². The molecule has 156 valence electrons. The van der Waals surface area contributed by atoms with E-state index in [4.69, 9.17) is 15.2 Å². The van der Waals surface area contributed by atoms with Crippen molar-refractivity contribution >= 4 is 29.9 Å². The molecule has 3 aromatic rings. The first-order chi connectivity index (χ1) is 14.3. The first-order valence-electron chi connectivity index (χ1n) is 9.82. The molecule has 1 heterocycles. The number of nitrogens with two attached hydrogens (primary N) is 1. The van der Waals surface area contributed by atoms with Crippen molar-refractivity contribution in [3.05, 3.63) is 95.6 Å². The van der Waals surface area contributed by atoms with Crippen LogP contribution in [0.5, 0.6) is 11.5 Å². The number of benzene rings is 3. The topological polar surface area (TPSA) is 68.9 Å². The number of nitrogens with one attached hydrogen (secondary N) is 1. The Kier molecular flexibility index (Phi) is 7.96. The fourth-order valence-corrected chi connectivity index (χ4v) is 3.37. The van der Waals surface area contributed by atoms with Gasteiger partial charge in [-0.1, -0.05) is 60.7 Å². The summed E-state index contributed by atoms with van der Waals surface area (Å²) in [7, 11) is 0. The molecule has 1 unspecified atom stereocenters. The summed E-state index contributed by atoms with van der Waals surface area (Å²) < 4.78 is 11.6. The molecule has 0 spiro atoms. The molecular weight excluding hydrogens is 489 g/mol. The van der Waals surface area contributed by atoms with Crippen molar-refractivity contribution in [1.29, 1.82) is 0 Å². The Labute approximate surface area is 194 Å². The molecule has 0 amide bonds. The summed E-state index contributed by atoms with van der Waals surface area (Å²) in [6.45, 7) is 1.70. The molecule has 0 saturated carbocycles. The van der Waals surface area contributed by atoms with Crippen molar-refractivity contribution in [2.45, 2.75) is 25.6 Å². The summed E-state index contributed by atoms with van der Waals surface area (Å²) in [5.74, 6) is 2.17. The van der Waals surface area contributed by atoms with Crippen LogP contribution in [0.25, 0.3) is 0 Å². The number of hydrogen-bond donors (Lipinski definition) is 2. The fourth-order valence-electron chi connectivity index (χ4n) is 3.37. The highest BCUT2D eigenvalue weighted by Crippen LogP contribution is 2.31. The molecular formula is C24H26IN3O2. The Hall–Kier alpha value is -2.74. The Balaban J connectivity index is 0.00000256. The van der Waals surface area contributed by atoms with Gasteiger partial charge in [0.15, 0.2) is 5.96 Å². The van der Waals surface area contributed by atoms with E-state index in [1.54, 1.807) is 0 Å². The van der Waals surface area contributed by atoms with E-state index >= 15 is 0 Å². The van der Waals surface area contributed by atoms with Gasteiger partial charge in [-0.15, -0.1) is 24.0 Å². The molecule has 5 nitrogen and oxygen atoms in total. The van der Waals surface area contributed by atoms with E-state index < -0.39 is 0 Å². The van der Waals surface area contributed by atoms with Crippen LogP contribution in [0, 0.1) is 0 Å². The van der Waals surface area contributed by atoms with Crippen LogP contribution in [-0.2, 0) is 13.2 Å². The Morgan fingerprint density at radius 3 is 2.63 bits per heavy atom. The van der Waals surface area contributed by atoms with E-state index in [2.05, 4.69) is 28.5 Å². The van der Waals surface area contributed by atoms with Crippen LogP contribution in [-0.4, -0.2) is 12.6 Å². The second kappa shape index (κ2) is 10.9. The van der Waals surface area contributed by atoms with E-state index in [-0.39, 0.29) is 30.0 Å². The molecule has 0 aliphatic carbocycles. The van der Waals surface area contributed by atoms with Crippen molar-refractivity contribution in [3.63, 3.8) is 0 Å². The Morgan fingerprint density at radius 2 is 1.77 bits per heavy atom. The molecule has 3 aromatic carbocycles. The molecule has 0 radical (unpaired) electrons. The van der Waals surface area contributed by atoms with Gasteiger partial charge in [0.1, 0.15) is 18.1 Å². The highest BCUT2D eigenvalue weighted by molar-refractivity contribution is 14.0. The van der Waals surface area contributed by atoms with Crippen molar-refractivity contribution in [1.82, 2.24) is 5.32 Å². The standard InChI is InChI=1S/C24H25N3O2.HI/c25-24(27-22-13-14-28-23-12-5-4-11-21(22)23)26-16-19-9-6-10-20(15-19)29-17-18-7-2-1-3-8-18;/h1-12,15,22H,13-14,16-17H2,(H3,25,26,27);1H. The highest BCUT2D eigenvalue weighted by atomic mass is 127. The summed E-state index contributed by atoms with van der Waals surface area (Å²) in [5.41, 5.74) is 9.46. The first kappa shape index (κ1) is 22.0.